The second kappa shape index (κ2) is 14.4. The third-order valence-corrected chi connectivity index (χ3v) is 7.33. The van der Waals surface area contributed by atoms with Gasteiger partial charge in [-0.1, -0.05) is 24.2 Å². The van der Waals surface area contributed by atoms with Gasteiger partial charge in [-0.3, -0.25) is 14.6 Å². The molecular formula is C32H33ClN8O4. The van der Waals surface area contributed by atoms with Crippen molar-refractivity contribution in [2.75, 3.05) is 54.1 Å². The van der Waals surface area contributed by atoms with Gasteiger partial charge in [-0.2, -0.15) is 4.98 Å². The monoisotopic (exact) mass is 628 g/mol. The first kappa shape index (κ1) is 31.1. The number of pyridine rings is 1. The zero-order valence-corrected chi connectivity index (χ0v) is 25.7. The third-order valence-electron chi connectivity index (χ3n) is 7.03. The Morgan fingerprint density at radius 3 is 2.49 bits per heavy atom. The van der Waals surface area contributed by atoms with Gasteiger partial charge >= 0.3 is 0 Å². The van der Waals surface area contributed by atoms with Crippen molar-refractivity contribution >= 4 is 57.9 Å². The number of rotatable bonds is 11. The first-order valence-corrected chi connectivity index (χ1v) is 14.6. The SMILES string of the molecule is C=CC(=O)Nc1cc(Nc2nccc(Nc3ccc(OCc4ccccn4)c(Cl)c3)n2)c(OC)cc1N1CCN(C(C)=O)CC1. The van der Waals surface area contributed by atoms with Crippen LogP contribution < -0.4 is 30.3 Å². The Kier molecular flexibility index (Phi) is 9.95. The van der Waals surface area contributed by atoms with E-state index >= 15 is 0 Å². The van der Waals surface area contributed by atoms with E-state index in [2.05, 4.69) is 42.4 Å². The van der Waals surface area contributed by atoms with Crippen molar-refractivity contribution in [1.82, 2.24) is 19.9 Å². The Bertz CT molecular complexity index is 1680. The second-order valence-electron chi connectivity index (χ2n) is 10.0. The average Bonchev–Trinajstić information content (AvgIpc) is 3.05. The molecule has 0 atom stereocenters. The Balaban J connectivity index is 1.32. The molecule has 1 aliphatic rings. The van der Waals surface area contributed by atoms with E-state index in [4.69, 9.17) is 21.1 Å². The van der Waals surface area contributed by atoms with E-state index in [0.29, 0.717) is 78.1 Å². The van der Waals surface area contributed by atoms with Crippen molar-refractivity contribution in [1.29, 1.82) is 0 Å². The van der Waals surface area contributed by atoms with Crippen LogP contribution in [0, 0.1) is 0 Å². The lowest BCUT2D eigenvalue weighted by Gasteiger charge is -2.36. The highest BCUT2D eigenvalue weighted by molar-refractivity contribution is 6.32. The van der Waals surface area contributed by atoms with Crippen LogP contribution in [0.5, 0.6) is 11.5 Å². The molecule has 2 aromatic heterocycles. The number of anilines is 6. The Labute approximate surface area is 266 Å². The van der Waals surface area contributed by atoms with Crippen molar-refractivity contribution in [3.8, 4) is 11.5 Å². The summed E-state index contributed by atoms with van der Waals surface area (Å²) in [4.78, 5) is 41.3. The molecule has 0 unspecified atom stereocenters. The second-order valence-corrected chi connectivity index (χ2v) is 10.4. The molecule has 2 aromatic carbocycles. The van der Waals surface area contributed by atoms with Crippen LogP contribution >= 0.6 is 11.6 Å². The largest absolute Gasteiger partial charge is 0.494 e. The molecule has 0 aliphatic carbocycles. The number of methoxy groups -OCH3 is 1. The topological polar surface area (TPSA) is 134 Å². The molecule has 0 spiro atoms. The van der Waals surface area contributed by atoms with Gasteiger partial charge in [0.1, 0.15) is 23.9 Å². The number of benzene rings is 2. The van der Waals surface area contributed by atoms with E-state index in [0.717, 1.165) is 11.4 Å². The average molecular weight is 629 g/mol. The summed E-state index contributed by atoms with van der Waals surface area (Å²) in [5.41, 5.74) is 3.35. The quantitative estimate of drug-likeness (QED) is 0.186. The maximum absolute atomic E-state index is 12.3. The minimum atomic E-state index is -0.357. The van der Waals surface area contributed by atoms with E-state index < -0.39 is 0 Å². The lowest BCUT2D eigenvalue weighted by Crippen LogP contribution is -2.48. The molecule has 3 heterocycles. The molecule has 0 saturated carbocycles. The first-order valence-electron chi connectivity index (χ1n) is 14.2. The number of piperazine rings is 1. The van der Waals surface area contributed by atoms with Crippen molar-refractivity contribution in [3.05, 3.63) is 90.4 Å². The number of hydrogen-bond donors (Lipinski definition) is 3. The molecule has 0 bridgehead atoms. The summed E-state index contributed by atoms with van der Waals surface area (Å²) >= 11 is 6.48. The van der Waals surface area contributed by atoms with Crippen molar-refractivity contribution < 1.29 is 19.1 Å². The molecule has 1 aliphatic heterocycles. The van der Waals surface area contributed by atoms with Gasteiger partial charge in [-0.25, -0.2) is 4.98 Å². The van der Waals surface area contributed by atoms with Crippen LogP contribution in [0.3, 0.4) is 0 Å². The van der Waals surface area contributed by atoms with Gasteiger partial charge in [0.05, 0.1) is 34.9 Å². The number of nitrogens with zero attached hydrogens (tertiary/aromatic N) is 5. The summed E-state index contributed by atoms with van der Waals surface area (Å²) in [6.45, 7) is 7.79. The number of halogens is 1. The van der Waals surface area contributed by atoms with Gasteiger partial charge in [-0.05, 0) is 48.5 Å². The molecule has 13 heteroatoms. The van der Waals surface area contributed by atoms with Gasteiger partial charge in [0.15, 0.2) is 0 Å². The van der Waals surface area contributed by atoms with Crippen LogP contribution in [0.2, 0.25) is 5.02 Å². The lowest BCUT2D eigenvalue weighted by atomic mass is 10.1. The number of amides is 2. The van der Waals surface area contributed by atoms with Crippen LogP contribution in [0.1, 0.15) is 12.6 Å². The lowest BCUT2D eigenvalue weighted by molar-refractivity contribution is -0.129. The molecule has 3 N–H and O–H groups in total. The number of aromatic nitrogens is 3. The van der Waals surface area contributed by atoms with Gasteiger partial charge in [0.2, 0.25) is 17.8 Å². The standard InChI is InChI=1S/C32H33ClN8O4/c1-4-31(43)37-25-18-26(29(44-3)19-27(25)41-15-13-40(14-16-41)21(2)42)38-32-35-12-10-30(39-32)36-22-8-9-28(24(33)17-22)45-20-23-7-5-6-11-34-23/h4-12,17-19H,1,13-16,20H2,2-3H3,(H,37,43)(H2,35,36,38,39). The fraction of sp³-hybridized carbons (Fsp3) is 0.219. The van der Waals surface area contributed by atoms with E-state index in [1.807, 2.05) is 30.3 Å². The fourth-order valence-corrected chi connectivity index (χ4v) is 4.97. The summed E-state index contributed by atoms with van der Waals surface area (Å²) in [5.74, 6) is 1.55. The molecule has 45 heavy (non-hydrogen) atoms. The highest BCUT2D eigenvalue weighted by Gasteiger charge is 2.23. The van der Waals surface area contributed by atoms with E-state index in [1.54, 1.807) is 55.6 Å². The maximum Gasteiger partial charge on any atom is 0.247 e. The number of ether oxygens (including phenoxy) is 2. The van der Waals surface area contributed by atoms with Crippen LogP contribution in [0.15, 0.2) is 79.6 Å². The van der Waals surface area contributed by atoms with E-state index in [1.165, 1.54) is 6.08 Å². The Morgan fingerprint density at radius 2 is 1.80 bits per heavy atom. The minimum Gasteiger partial charge on any atom is -0.494 e. The van der Waals surface area contributed by atoms with Gasteiger partial charge in [0, 0.05) is 57.3 Å². The molecule has 12 nitrogen and oxygen atoms in total. The smallest absolute Gasteiger partial charge is 0.247 e. The van der Waals surface area contributed by atoms with Gasteiger partial charge < -0.3 is 35.2 Å². The summed E-state index contributed by atoms with van der Waals surface area (Å²) in [6, 6.07) is 16.3. The summed E-state index contributed by atoms with van der Waals surface area (Å²) in [7, 11) is 1.56. The molecule has 2 amide bonds. The maximum atomic E-state index is 12.3. The number of carbonyl (C=O) groups is 2. The van der Waals surface area contributed by atoms with Crippen LogP contribution in [-0.4, -0.2) is 65.0 Å². The molecule has 0 radical (unpaired) electrons. The van der Waals surface area contributed by atoms with Crippen LogP contribution in [-0.2, 0) is 16.2 Å². The minimum absolute atomic E-state index is 0.0365. The van der Waals surface area contributed by atoms with Crippen LogP contribution in [0.25, 0.3) is 0 Å². The predicted molar refractivity (Wildman–Crippen MR) is 175 cm³/mol. The number of carbonyl (C=O) groups excluding carboxylic acids is 2. The molecule has 1 fully saturated rings. The highest BCUT2D eigenvalue weighted by atomic mass is 35.5. The first-order chi connectivity index (χ1) is 21.8. The fourth-order valence-electron chi connectivity index (χ4n) is 4.73. The normalized spacial score (nSPS) is 12.7. The van der Waals surface area contributed by atoms with Crippen molar-refractivity contribution in [2.24, 2.45) is 0 Å². The van der Waals surface area contributed by atoms with E-state index in [-0.39, 0.29) is 11.8 Å². The highest BCUT2D eigenvalue weighted by Crippen LogP contribution is 2.39. The van der Waals surface area contributed by atoms with Crippen LogP contribution in [0.4, 0.5) is 34.5 Å². The van der Waals surface area contributed by atoms with Gasteiger partial charge in [-0.15, -0.1) is 0 Å². The van der Waals surface area contributed by atoms with Gasteiger partial charge in [0.25, 0.3) is 0 Å². The number of nitrogens with one attached hydrogen (secondary N) is 3. The third kappa shape index (κ3) is 7.98. The zero-order valence-electron chi connectivity index (χ0n) is 24.9. The summed E-state index contributed by atoms with van der Waals surface area (Å²) in [6.07, 6.45) is 4.53. The Morgan fingerprint density at radius 1 is 0.978 bits per heavy atom. The molecule has 5 rings (SSSR count). The summed E-state index contributed by atoms with van der Waals surface area (Å²) in [5, 5.41) is 9.75. The summed E-state index contributed by atoms with van der Waals surface area (Å²) < 4.78 is 11.5. The predicted octanol–water partition coefficient (Wildman–Crippen LogP) is 5.39. The molecule has 1 saturated heterocycles. The molecular weight excluding hydrogens is 596 g/mol. The Hall–Kier alpha value is -5.36. The molecule has 232 valence electrons. The zero-order chi connectivity index (χ0) is 31.8. The van der Waals surface area contributed by atoms with E-state index in [9.17, 15) is 9.59 Å². The van der Waals surface area contributed by atoms with Crippen molar-refractivity contribution in [3.63, 3.8) is 0 Å². The molecule has 4 aromatic rings. The van der Waals surface area contributed by atoms with Crippen molar-refractivity contribution in [2.45, 2.75) is 13.5 Å². The number of hydrogen-bond acceptors (Lipinski definition) is 10.